The number of allylic oxidation sites excluding steroid dienone is 1. The van der Waals surface area contributed by atoms with Crippen molar-refractivity contribution >= 4 is 29.1 Å². The molecule has 1 atom stereocenters. The van der Waals surface area contributed by atoms with E-state index in [0.717, 1.165) is 17.8 Å². The Bertz CT molecular complexity index is 1970. The van der Waals surface area contributed by atoms with Crippen molar-refractivity contribution in [2.75, 3.05) is 20.3 Å². The number of thiazole rings is 1. The maximum atomic E-state index is 14.1. The van der Waals surface area contributed by atoms with Crippen LogP contribution in [0.25, 0.3) is 17.4 Å². The van der Waals surface area contributed by atoms with Gasteiger partial charge in [0, 0.05) is 28.8 Å². The summed E-state index contributed by atoms with van der Waals surface area (Å²) in [6.45, 7) is 7.61. The molecule has 0 aliphatic carbocycles. The first-order valence-electron chi connectivity index (χ1n) is 14.0. The Morgan fingerprint density at radius 3 is 2.64 bits per heavy atom. The number of fused-ring (bicyclic) bond motifs is 1. The van der Waals surface area contributed by atoms with Crippen LogP contribution in [0.3, 0.4) is 0 Å². The van der Waals surface area contributed by atoms with Gasteiger partial charge in [0.05, 0.1) is 41.0 Å². The van der Waals surface area contributed by atoms with E-state index in [9.17, 15) is 19.7 Å². The van der Waals surface area contributed by atoms with E-state index in [1.54, 1.807) is 69.3 Å². The number of nitro groups is 1. The van der Waals surface area contributed by atoms with Gasteiger partial charge in [-0.15, -0.1) is 0 Å². The highest BCUT2D eigenvalue weighted by molar-refractivity contribution is 7.07. The molecule has 0 bridgehead atoms. The fraction of sp³-hybridized carbons (Fsp3) is 0.281. The second-order valence-corrected chi connectivity index (χ2v) is 10.9. The fourth-order valence-corrected chi connectivity index (χ4v) is 6.17. The number of ether oxygens (including phenoxy) is 3. The van der Waals surface area contributed by atoms with Gasteiger partial charge in [-0.05, 0) is 45.4 Å². The lowest BCUT2D eigenvalue weighted by atomic mass is 9.94. The molecule has 1 aliphatic heterocycles. The van der Waals surface area contributed by atoms with Crippen LogP contribution in [0.5, 0.6) is 11.5 Å². The van der Waals surface area contributed by atoms with Gasteiger partial charge >= 0.3 is 5.97 Å². The second kappa shape index (κ2) is 12.7. The van der Waals surface area contributed by atoms with E-state index in [2.05, 4.69) is 4.99 Å². The van der Waals surface area contributed by atoms with Crippen molar-refractivity contribution in [3.05, 3.63) is 106 Å². The van der Waals surface area contributed by atoms with Gasteiger partial charge in [-0.3, -0.25) is 19.5 Å². The number of hydrogen-bond donors (Lipinski definition) is 0. The van der Waals surface area contributed by atoms with E-state index < -0.39 is 16.9 Å². The predicted molar refractivity (Wildman–Crippen MR) is 165 cm³/mol. The third-order valence-corrected chi connectivity index (χ3v) is 8.14. The van der Waals surface area contributed by atoms with Gasteiger partial charge < -0.3 is 18.6 Å². The van der Waals surface area contributed by atoms with Crippen LogP contribution in [0.2, 0.25) is 0 Å². The molecule has 0 unspecified atom stereocenters. The lowest BCUT2D eigenvalue weighted by Gasteiger charge is -2.27. The van der Waals surface area contributed by atoms with E-state index in [1.807, 2.05) is 6.92 Å². The summed E-state index contributed by atoms with van der Waals surface area (Å²) in [5.74, 6) is 1.12. The Morgan fingerprint density at radius 1 is 1.16 bits per heavy atom. The molecule has 3 heterocycles. The number of carbonyl (C=O) groups is 1. The SMILES string of the molecule is CCCOc1c(OC)cccc1[C@@H]1C(C(=O)OCC)=C(C)N=c2s/c(=C/c3ccc(-c4cccc([N+](=O)[O-])c4C)o3)c(=O)n21. The zero-order valence-corrected chi connectivity index (χ0v) is 25.7. The molecule has 5 rings (SSSR count). The summed E-state index contributed by atoms with van der Waals surface area (Å²) in [5, 5.41) is 11.4. The first kappa shape index (κ1) is 30.5. The highest BCUT2D eigenvalue weighted by Crippen LogP contribution is 2.41. The Labute approximate surface area is 256 Å². The van der Waals surface area contributed by atoms with Crippen molar-refractivity contribution in [3.8, 4) is 22.8 Å². The van der Waals surface area contributed by atoms with E-state index in [4.69, 9.17) is 18.6 Å². The number of furan rings is 1. The summed E-state index contributed by atoms with van der Waals surface area (Å²) in [6.07, 6.45) is 2.33. The minimum atomic E-state index is -0.894. The van der Waals surface area contributed by atoms with Crippen LogP contribution in [-0.4, -0.2) is 35.8 Å². The Kier molecular flexibility index (Phi) is 8.81. The second-order valence-electron chi connectivity index (χ2n) is 9.94. The van der Waals surface area contributed by atoms with Gasteiger partial charge in [0.2, 0.25) is 0 Å². The number of para-hydroxylation sites is 1. The smallest absolute Gasteiger partial charge is 0.338 e. The van der Waals surface area contributed by atoms with Gasteiger partial charge in [0.25, 0.3) is 11.2 Å². The predicted octanol–water partition coefficient (Wildman–Crippen LogP) is 5.07. The summed E-state index contributed by atoms with van der Waals surface area (Å²) < 4.78 is 24.9. The quantitative estimate of drug-likeness (QED) is 0.137. The van der Waals surface area contributed by atoms with Crippen molar-refractivity contribution < 1.29 is 28.3 Å². The molecule has 2 aromatic heterocycles. The molecule has 2 aromatic carbocycles. The Balaban J connectivity index is 1.68. The molecule has 1 aliphatic rings. The molecule has 12 heteroatoms. The Hall–Kier alpha value is -4.97. The van der Waals surface area contributed by atoms with E-state index in [-0.39, 0.29) is 23.4 Å². The van der Waals surface area contributed by atoms with E-state index in [0.29, 0.717) is 61.3 Å². The number of nitro benzene ring substituents is 1. The highest BCUT2D eigenvalue weighted by Gasteiger charge is 2.36. The van der Waals surface area contributed by atoms with Crippen molar-refractivity contribution in [2.45, 2.75) is 40.2 Å². The summed E-state index contributed by atoms with van der Waals surface area (Å²) in [5.41, 5.74) is 1.85. The van der Waals surface area contributed by atoms with Crippen molar-refractivity contribution in [3.63, 3.8) is 0 Å². The molecule has 44 heavy (non-hydrogen) atoms. The van der Waals surface area contributed by atoms with Gasteiger partial charge in [-0.1, -0.05) is 42.5 Å². The van der Waals surface area contributed by atoms with Gasteiger partial charge in [-0.25, -0.2) is 9.79 Å². The molecular formula is C32H31N3O8S. The first-order chi connectivity index (χ1) is 21.2. The van der Waals surface area contributed by atoms with Gasteiger partial charge in [0.1, 0.15) is 17.6 Å². The number of esters is 1. The van der Waals surface area contributed by atoms with Crippen LogP contribution in [0.15, 0.2) is 74.0 Å². The summed E-state index contributed by atoms with van der Waals surface area (Å²) in [7, 11) is 1.53. The zero-order chi connectivity index (χ0) is 31.5. The number of nitrogens with zero attached hydrogens (tertiary/aromatic N) is 3. The summed E-state index contributed by atoms with van der Waals surface area (Å²) in [6, 6.07) is 12.6. The van der Waals surface area contributed by atoms with Crippen LogP contribution in [-0.2, 0) is 9.53 Å². The number of aromatic nitrogens is 1. The molecule has 0 N–H and O–H groups in total. The van der Waals surface area contributed by atoms with E-state index in [1.165, 1.54) is 17.7 Å². The minimum Gasteiger partial charge on any atom is -0.493 e. The molecule has 0 radical (unpaired) electrons. The fourth-order valence-electron chi connectivity index (χ4n) is 5.15. The maximum Gasteiger partial charge on any atom is 0.338 e. The topological polar surface area (TPSA) is 135 Å². The molecule has 228 valence electrons. The van der Waals surface area contributed by atoms with E-state index >= 15 is 0 Å². The van der Waals surface area contributed by atoms with Gasteiger partial charge in [-0.2, -0.15) is 0 Å². The Morgan fingerprint density at radius 2 is 1.93 bits per heavy atom. The average molecular weight is 618 g/mol. The van der Waals surface area contributed by atoms with Crippen LogP contribution < -0.4 is 24.4 Å². The monoisotopic (exact) mass is 617 g/mol. The number of carbonyl (C=O) groups excluding carboxylic acids is 1. The molecule has 0 spiro atoms. The molecular weight excluding hydrogens is 586 g/mol. The molecule has 0 amide bonds. The van der Waals surface area contributed by atoms with Gasteiger partial charge in [0.15, 0.2) is 16.3 Å². The normalized spacial score (nSPS) is 14.7. The van der Waals surface area contributed by atoms with Crippen LogP contribution in [0, 0.1) is 17.0 Å². The lowest BCUT2D eigenvalue weighted by molar-refractivity contribution is -0.385. The maximum absolute atomic E-state index is 14.1. The summed E-state index contributed by atoms with van der Waals surface area (Å²) in [4.78, 5) is 43.4. The standard InChI is InChI=1S/C32H31N3O8S/c1-6-16-42-29-22(11-9-13-25(29)40-5)28-27(31(37)41-7-2)19(4)33-32-34(28)30(36)26(44-32)17-20-14-15-24(43-20)21-10-8-12-23(18(21)3)35(38)39/h8-15,17,28H,6-7,16H2,1-5H3/b26-17+/t28-/m1/s1. The van der Waals surface area contributed by atoms with Crippen LogP contribution >= 0.6 is 11.3 Å². The molecule has 0 fully saturated rings. The average Bonchev–Trinajstić information content (AvgIpc) is 3.59. The number of methoxy groups -OCH3 is 1. The third kappa shape index (κ3) is 5.55. The molecule has 11 nitrogen and oxygen atoms in total. The molecule has 4 aromatic rings. The zero-order valence-electron chi connectivity index (χ0n) is 24.9. The molecule has 0 saturated carbocycles. The number of benzene rings is 2. The van der Waals surface area contributed by atoms with Crippen molar-refractivity contribution in [1.82, 2.24) is 4.57 Å². The van der Waals surface area contributed by atoms with Crippen molar-refractivity contribution in [2.24, 2.45) is 4.99 Å². The number of rotatable bonds is 10. The lowest BCUT2D eigenvalue weighted by Crippen LogP contribution is -2.40. The third-order valence-electron chi connectivity index (χ3n) is 7.16. The minimum absolute atomic E-state index is 0.0126. The largest absolute Gasteiger partial charge is 0.493 e. The number of hydrogen-bond acceptors (Lipinski definition) is 10. The summed E-state index contributed by atoms with van der Waals surface area (Å²) >= 11 is 1.15. The first-order valence-corrected chi connectivity index (χ1v) is 14.8. The van der Waals surface area contributed by atoms with Crippen LogP contribution in [0.1, 0.15) is 50.1 Å². The highest BCUT2D eigenvalue weighted by atomic mass is 32.1. The molecule has 0 saturated heterocycles. The van der Waals surface area contributed by atoms with Crippen LogP contribution in [0.4, 0.5) is 5.69 Å². The van der Waals surface area contributed by atoms with Crippen molar-refractivity contribution in [1.29, 1.82) is 0 Å².